The largest absolute Gasteiger partial charge is 0.478 e. The van der Waals surface area contributed by atoms with Crippen LogP contribution in [0.15, 0.2) is 24.5 Å². The number of esters is 1. The van der Waals surface area contributed by atoms with Crippen molar-refractivity contribution in [2.45, 2.75) is 13.8 Å². The molecule has 0 unspecified atom stereocenters. The number of carboxylic acid groups (broad SMARTS) is 1. The lowest BCUT2D eigenvalue weighted by atomic mass is 10.1. The van der Waals surface area contributed by atoms with Gasteiger partial charge in [0.05, 0.1) is 29.6 Å². The maximum Gasteiger partial charge on any atom is 0.341 e. The molecule has 0 atom stereocenters. The van der Waals surface area contributed by atoms with Crippen molar-refractivity contribution in [3.8, 4) is 5.69 Å². The lowest BCUT2D eigenvalue weighted by Crippen LogP contribution is -2.07. The molecule has 1 heterocycles. The molecule has 0 aliphatic heterocycles. The van der Waals surface area contributed by atoms with Crippen LogP contribution in [0.4, 0.5) is 5.69 Å². The van der Waals surface area contributed by atoms with E-state index in [1.54, 1.807) is 19.9 Å². The van der Waals surface area contributed by atoms with Crippen LogP contribution < -0.4 is 5.73 Å². The Morgan fingerprint density at radius 1 is 1.43 bits per heavy atom. The number of nitrogens with zero attached hydrogens (tertiary/aromatic N) is 2. The molecule has 0 aliphatic rings. The molecular formula is C14H15N3O4. The summed E-state index contributed by atoms with van der Waals surface area (Å²) in [6, 6.07) is 3.11. The van der Waals surface area contributed by atoms with Gasteiger partial charge in [-0.1, -0.05) is 0 Å². The van der Waals surface area contributed by atoms with Gasteiger partial charge in [-0.25, -0.2) is 14.3 Å². The second-order valence-electron chi connectivity index (χ2n) is 4.42. The van der Waals surface area contributed by atoms with Crippen LogP contribution in [-0.4, -0.2) is 33.4 Å². The van der Waals surface area contributed by atoms with E-state index in [9.17, 15) is 9.59 Å². The summed E-state index contributed by atoms with van der Waals surface area (Å²) in [7, 11) is 0. The van der Waals surface area contributed by atoms with E-state index >= 15 is 0 Å². The Hall–Kier alpha value is -2.83. The third-order valence-electron chi connectivity index (χ3n) is 2.96. The number of aromatic nitrogens is 2. The Kier molecular flexibility index (Phi) is 3.93. The molecule has 7 nitrogen and oxygen atoms in total. The second-order valence-corrected chi connectivity index (χ2v) is 4.42. The number of hydrogen-bond acceptors (Lipinski definition) is 5. The minimum Gasteiger partial charge on any atom is -0.478 e. The summed E-state index contributed by atoms with van der Waals surface area (Å²) < 4.78 is 6.28. The molecule has 1 aromatic carbocycles. The first-order valence-corrected chi connectivity index (χ1v) is 6.29. The van der Waals surface area contributed by atoms with Gasteiger partial charge in [0.15, 0.2) is 0 Å². The highest BCUT2D eigenvalue weighted by Crippen LogP contribution is 2.22. The number of benzene rings is 1. The summed E-state index contributed by atoms with van der Waals surface area (Å²) in [5, 5.41) is 13.2. The minimum absolute atomic E-state index is 0.00168. The van der Waals surface area contributed by atoms with Gasteiger partial charge in [-0.15, -0.1) is 0 Å². The molecule has 0 spiro atoms. The van der Waals surface area contributed by atoms with Crippen molar-refractivity contribution >= 4 is 17.6 Å². The lowest BCUT2D eigenvalue weighted by Gasteiger charge is -2.09. The topological polar surface area (TPSA) is 107 Å². The molecule has 1 aromatic heterocycles. The predicted octanol–water partition coefficient (Wildman–Crippen LogP) is 1.64. The zero-order valence-corrected chi connectivity index (χ0v) is 11.7. The van der Waals surface area contributed by atoms with Crippen LogP contribution >= 0.6 is 0 Å². The highest BCUT2D eigenvalue weighted by atomic mass is 16.5. The Balaban J connectivity index is 2.43. The zero-order chi connectivity index (χ0) is 15.6. The van der Waals surface area contributed by atoms with E-state index in [0.29, 0.717) is 16.8 Å². The Morgan fingerprint density at radius 2 is 2.14 bits per heavy atom. The first kappa shape index (κ1) is 14.6. The quantitative estimate of drug-likeness (QED) is 0.654. The summed E-state index contributed by atoms with van der Waals surface area (Å²) >= 11 is 0. The van der Waals surface area contributed by atoms with Gasteiger partial charge in [0, 0.05) is 11.9 Å². The number of nitrogen functional groups attached to an aromatic ring is 1. The van der Waals surface area contributed by atoms with Crippen molar-refractivity contribution in [1.29, 1.82) is 0 Å². The minimum atomic E-state index is -1.12. The molecule has 2 aromatic rings. The summed E-state index contributed by atoms with van der Waals surface area (Å²) in [4.78, 5) is 22.8. The fourth-order valence-corrected chi connectivity index (χ4v) is 1.87. The van der Waals surface area contributed by atoms with E-state index in [0.717, 1.165) is 0 Å². The van der Waals surface area contributed by atoms with E-state index in [2.05, 4.69) is 5.10 Å². The second kappa shape index (κ2) is 5.66. The summed E-state index contributed by atoms with van der Waals surface area (Å²) in [6.07, 6.45) is 2.85. The van der Waals surface area contributed by atoms with Gasteiger partial charge in [-0.05, 0) is 31.5 Å². The van der Waals surface area contributed by atoms with E-state index in [1.807, 2.05) is 0 Å². The van der Waals surface area contributed by atoms with E-state index in [4.69, 9.17) is 15.6 Å². The zero-order valence-electron chi connectivity index (χ0n) is 11.7. The number of anilines is 1. The molecule has 0 aliphatic carbocycles. The summed E-state index contributed by atoms with van der Waals surface area (Å²) in [6.45, 7) is 3.69. The highest BCUT2D eigenvalue weighted by molar-refractivity contribution is 5.95. The van der Waals surface area contributed by atoms with Gasteiger partial charge >= 0.3 is 11.9 Å². The van der Waals surface area contributed by atoms with Crippen LogP contribution in [0.2, 0.25) is 0 Å². The molecule has 0 saturated heterocycles. The highest BCUT2D eigenvalue weighted by Gasteiger charge is 2.15. The maximum atomic E-state index is 11.6. The van der Waals surface area contributed by atoms with Crippen LogP contribution in [0, 0.1) is 6.92 Å². The number of rotatable bonds is 4. The molecule has 110 valence electrons. The first-order valence-electron chi connectivity index (χ1n) is 6.29. The van der Waals surface area contributed by atoms with Crippen molar-refractivity contribution in [3.63, 3.8) is 0 Å². The third-order valence-corrected chi connectivity index (χ3v) is 2.96. The van der Waals surface area contributed by atoms with Gasteiger partial charge in [-0.3, -0.25) is 0 Å². The molecule has 0 fully saturated rings. The monoisotopic (exact) mass is 289 g/mol. The lowest BCUT2D eigenvalue weighted by molar-refractivity contribution is 0.0525. The average molecular weight is 289 g/mol. The number of aromatic carboxylic acids is 1. The third kappa shape index (κ3) is 2.86. The van der Waals surface area contributed by atoms with Crippen LogP contribution in [0.25, 0.3) is 5.69 Å². The molecule has 0 radical (unpaired) electrons. The van der Waals surface area contributed by atoms with Crippen LogP contribution in [-0.2, 0) is 4.74 Å². The van der Waals surface area contributed by atoms with Crippen molar-refractivity contribution in [1.82, 2.24) is 9.78 Å². The smallest absolute Gasteiger partial charge is 0.341 e. The molecule has 21 heavy (non-hydrogen) atoms. The van der Waals surface area contributed by atoms with Crippen molar-refractivity contribution in [3.05, 3.63) is 41.2 Å². The molecular weight excluding hydrogens is 274 g/mol. The van der Waals surface area contributed by atoms with Crippen LogP contribution in [0.3, 0.4) is 0 Å². The number of carbonyl (C=O) groups excluding carboxylic acids is 1. The molecule has 7 heteroatoms. The molecule has 0 bridgehead atoms. The van der Waals surface area contributed by atoms with E-state index < -0.39 is 11.9 Å². The summed E-state index contributed by atoms with van der Waals surface area (Å²) in [5.74, 6) is -1.59. The number of ether oxygens (including phenoxy) is 1. The van der Waals surface area contributed by atoms with E-state index in [1.165, 1.54) is 23.1 Å². The SMILES string of the molecule is CCOC(=O)c1cnn(-c2cc(C)c(N)c(C(=O)O)c2)c1. The number of carboxylic acids is 1. The maximum absolute atomic E-state index is 11.6. The Labute approximate surface area is 120 Å². The predicted molar refractivity (Wildman–Crippen MR) is 75.6 cm³/mol. The Morgan fingerprint density at radius 3 is 2.76 bits per heavy atom. The average Bonchev–Trinajstić information content (AvgIpc) is 2.91. The van der Waals surface area contributed by atoms with Crippen LogP contribution in [0.1, 0.15) is 33.2 Å². The van der Waals surface area contributed by atoms with Gasteiger partial charge in [0.1, 0.15) is 0 Å². The van der Waals surface area contributed by atoms with Gasteiger partial charge < -0.3 is 15.6 Å². The number of hydrogen-bond donors (Lipinski definition) is 2. The van der Waals surface area contributed by atoms with Gasteiger partial charge in [0.2, 0.25) is 0 Å². The first-order chi connectivity index (χ1) is 9.93. The standard InChI is InChI=1S/C14H15N3O4/c1-3-21-14(20)9-6-16-17(7-9)10-4-8(2)12(15)11(5-10)13(18)19/h4-7H,3,15H2,1-2H3,(H,18,19). The fourth-order valence-electron chi connectivity index (χ4n) is 1.87. The number of nitrogens with two attached hydrogens (primary N) is 1. The molecule has 2 rings (SSSR count). The molecule has 3 N–H and O–H groups in total. The van der Waals surface area contributed by atoms with E-state index in [-0.39, 0.29) is 17.9 Å². The van der Waals surface area contributed by atoms with Crippen LogP contribution in [0.5, 0.6) is 0 Å². The summed E-state index contributed by atoms with van der Waals surface area (Å²) in [5.41, 5.74) is 7.38. The number of carbonyl (C=O) groups is 2. The molecule has 0 saturated carbocycles. The fraction of sp³-hybridized carbons (Fsp3) is 0.214. The number of aryl methyl sites for hydroxylation is 1. The Bertz CT molecular complexity index is 706. The van der Waals surface area contributed by atoms with Gasteiger partial charge in [0.25, 0.3) is 0 Å². The van der Waals surface area contributed by atoms with Crippen molar-refractivity contribution in [2.24, 2.45) is 0 Å². The van der Waals surface area contributed by atoms with Gasteiger partial charge in [-0.2, -0.15) is 5.10 Å². The van der Waals surface area contributed by atoms with Crippen molar-refractivity contribution < 1.29 is 19.4 Å². The van der Waals surface area contributed by atoms with Crippen molar-refractivity contribution in [2.75, 3.05) is 12.3 Å². The molecule has 0 amide bonds. The normalized spacial score (nSPS) is 10.4.